The average molecular weight is 442 g/mol. The number of aromatic nitrogens is 1. The van der Waals surface area contributed by atoms with E-state index >= 15 is 0 Å². The van der Waals surface area contributed by atoms with E-state index in [1.54, 1.807) is 24.5 Å². The van der Waals surface area contributed by atoms with Gasteiger partial charge in [-0.2, -0.15) is 0 Å². The van der Waals surface area contributed by atoms with Crippen molar-refractivity contribution in [1.29, 1.82) is 0 Å². The summed E-state index contributed by atoms with van der Waals surface area (Å²) < 4.78 is 0. The van der Waals surface area contributed by atoms with Crippen LogP contribution >= 0.6 is 0 Å². The summed E-state index contributed by atoms with van der Waals surface area (Å²) in [5, 5.41) is 10.2. The lowest BCUT2D eigenvalue weighted by Crippen LogP contribution is -2.67. The van der Waals surface area contributed by atoms with Crippen molar-refractivity contribution in [1.82, 2.24) is 14.8 Å². The number of aliphatic hydroxyl groups is 1. The second-order valence-corrected chi connectivity index (χ2v) is 9.26. The third-order valence-electron chi connectivity index (χ3n) is 7.26. The topological polar surface area (TPSA) is 56.7 Å². The number of aryl methyl sites for hydroxylation is 1. The number of carbonyl (C=O) groups excluding carboxylic acids is 1. The van der Waals surface area contributed by atoms with E-state index < -0.39 is 0 Å². The summed E-state index contributed by atoms with van der Waals surface area (Å²) in [4.78, 5) is 21.6. The normalized spacial score (nSPS) is 23.2. The van der Waals surface area contributed by atoms with Gasteiger partial charge in [0, 0.05) is 49.0 Å². The highest BCUT2D eigenvalue weighted by atomic mass is 16.3. The monoisotopic (exact) mass is 441 g/mol. The maximum Gasteiger partial charge on any atom is 0.254 e. The van der Waals surface area contributed by atoms with E-state index in [0.29, 0.717) is 12.1 Å². The molecule has 0 unspecified atom stereocenters. The standard InChI is InChI=1S/C28H31N3O2/c1-20-4-6-21(7-5-20)22-8-10-23(11-9-22)27-25-18-30(28(33)24-12-14-29-15-13-24)16-2-3-17-31(25)26(27)19-32/h4-15,25-27,32H,2-3,16-19H2,1H3/t25-,26-,27-/m1/s1. The van der Waals surface area contributed by atoms with E-state index in [2.05, 4.69) is 65.3 Å². The van der Waals surface area contributed by atoms with Gasteiger partial charge in [-0.3, -0.25) is 14.7 Å². The first-order chi connectivity index (χ1) is 16.2. The average Bonchev–Trinajstić information content (AvgIpc) is 2.84. The van der Waals surface area contributed by atoms with Crippen LogP contribution in [0.4, 0.5) is 0 Å². The molecule has 3 aromatic rings. The summed E-state index contributed by atoms with van der Waals surface area (Å²) in [5.74, 6) is 0.285. The second-order valence-electron chi connectivity index (χ2n) is 9.26. The summed E-state index contributed by atoms with van der Waals surface area (Å²) in [6.07, 6.45) is 5.36. The van der Waals surface area contributed by atoms with E-state index in [1.165, 1.54) is 22.3 Å². The van der Waals surface area contributed by atoms with E-state index in [4.69, 9.17) is 0 Å². The molecular formula is C28H31N3O2. The highest BCUT2D eigenvalue weighted by molar-refractivity contribution is 5.94. The van der Waals surface area contributed by atoms with Crippen molar-refractivity contribution < 1.29 is 9.90 Å². The summed E-state index contributed by atoms with van der Waals surface area (Å²) in [6, 6.07) is 21.3. The fourth-order valence-electron chi connectivity index (χ4n) is 5.45. The van der Waals surface area contributed by atoms with Gasteiger partial charge in [0.05, 0.1) is 6.61 Å². The largest absolute Gasteiger partial charge is 0.395 e. The van der Waals surface area contributed by atoms with Crippen molar-refractivity contribution in [2.24, 2.45) is 0 Å². The molecule has 2 aromatic carbocycles. The number of pyridine rings is 1. The highest BCUT2D eigenvalue weighted by Crippen LogP contribution is 2.42. The first-order valence-corrected chi connectivity index (χ1v) is 11.9. The molecule has 0 saturated carbocycles. The number of aliphatic hydroxyl groups excluding tert-OH is 1. The minimum absolute atomic E-state index is 0.0696. The van der Waals surface area contributed by atoms with Crippen LogP contribution in [-0.2, 0) is 0 Å². The summed E-state index contributed by atoms with van der Waals surface area (Å²) >= 11 is 0. The Kier molecular flexibility index (Phi) is 6.25. The number of fused-ring (bicyclic) bond motifs is 1. The van der Waals surface area contributed by atoms with Gasteiger partial charge in [0.15, 0.2) is 0 Å². The van der Waals surface area contributed by atoms with Gasteiger partial charge in [0.2, 0.25) is 0 Å². The number of hydrogen-bond acceptors (Lipinski definition) is 4. The molecule has 1 aromatic heterocycles. The molecule has 5 nitrogen and oxygen atoms in total. The molecule has 1 amide bonds. The van der Waals surface area contributed by atoms with Gasteiger partial charge < -0.3 is 10.0 Å². The Labute approximate surface area is 195 Å². The number of rotatable bonds is 4. The quantitative estimate of drug-likeness (QED) is 0.662. The number of benzene rings is 2. The van der Waals surface area contributed by atoms with Gasteiger partial charge in [-0.1, -0.05) is 54.1 Å². The van der Waals surface area contributed by atoms with Crippen LogP contribution in [0.2, 0.25) is 0 Å². The Balaban J connectivity index is 1.38. The Hall–Kier alpha value is -3.02. The van der Waals surface area contributed by atoms with E-state index in [9.17, 15) is 9.90 Å². The molecule has 2 saturated heterocycles. The zero-order valence-corrected chi connectivity index (χ0v) is 19.1. The first kappa shape index (κ1) is 21.8. The molecule has 0 bridgehead atoms. The molecule has 0 spiro atoms. The van der Waals surface area contributed by atoms with Crippen molar-refractivity contribution in [3.8, 4) is 11.1 Å². The number of hydrogen-bond donors (Lipinski definition) is 1. The minimum Gasteiger partial charge on any atom is -0.395 e. The molecule has 5 heteroatoms. The van der Waals surface area contributed by atoms with Crippen LogP contribution in [-0.4, -0.2) is 64.1 Å². The second kappa shape index (κ2) is 9.46. The molecule has 33 heavy (non-hydrogen) atoms. The zero-order chi connectivity index (χ0) is 22.8. The zero-order valence-electron chi connectivity index (χ0n) is 19.1. The smallest absolute Gasteiger partial charge is 0.254 e. The van der Waals surface area contributed by atoms with Crippen LogP contribution < -0.4 is 0 Å². The fraction of sp³-hybridized carbons (Fsp3) is 0.357. The van der Waals surface area contributed by atoms with Crippen LogP contribution in [0.25, 0.3) is 11.1 Å². The third-order valence-corrected chi connectivity index (χ3v) is 7.26. The molecule has 3 heterocycles. The SMILES string of the molecule is Cc1ccc(-c2ccc([C@H]3[C@@H](CO)N4CCCCN(C(=O)c5ccncc5)C[C@H]34)cc2)cc1. The van der Waals surface area contributed by atoms with Crippen LogP contribution in [0.15, 0.2) is 73.1 Å². The Morgan fingerprint density at radius 1 is 0.939 bits per heavy atom. The predicted molar refractivity (Wildman–Crippen MR) is 130 cm³/mol. The predicted octanol–water partition coefficient (Wildman–Crippen LogP) is 4.12. The molecule has 170 valence electrons. The van der Waals surface area contributed by atoms with E-state index in [0.717, 1.165) is 25.9 Å². The lowest BCUT2D eigenvalue weighted by atomic mass is 9.74. The maximum absolute atomic E-state index is 13.2. The molecule has 0 aliphatic carbocycles. The Morgan fingerprint density at radius 3 is 2.24 bits per heavy atom. The fourth-order valence-corrected chi connectivity index (χ4v) is 5.45. The van der Waals surface area contributed by atoms with Gasteiger partial charge in [-0.05, 0) is 55.1 Å². The molecule has 1 N–H and O–H groups in total. The van der Waals surface area contributed by atoms with Crippen LogP contribution in [0.3, 0.4) is 0 Å². The van der Waals surface area contributed by atoms with Crippen molar-refractivity contribution in [2.45, 2.75) is 37.8 Å². The highest BCUT2D eigenvalue weighted by Gasteiger charge is 2.49. The van der Waals surface area contributed by atoms with Gasteiger partial charge in [-0.15, -0.1) is 0 Å². The van der Waals surface area contributed by atoms with Crippen LogP contribution in [0, 0.1) is 6.92 Å². The molecule has 0 radical (unpaired) electrons. The molecular weight excluding hydrogens is 410 g/mol. The van der Waals surface area contributed by atoms with Gasteiger partial charge >= 0.3 is 0 Å². The van der Waals surface area contributed by atoms with Gasteiger partial charge in [0.25, 0.3) is 5.91 Å². The number of carbonyl (C=O) groups is 1. The van der Waals surface area contributed by atoms with Crippen molar-refractivity contribution in [3.63, 3.8) is 0 Å². The van der Waals surface area contributed by atoms with Gasteiger partial charge in [0.1, 0.15) is 0 Å². The van der Waals surface area contributed by atoms with E-state index in [-0.39, 0.29) is 30.5 Å². The third kappa shape index (κ3) is 4.31. The van der Waals surface area contributed by atoms with Crippen LogP contribution in [0.1, 0.15) is 40.2 Å². The lowest BCUT2D eigenvalue weighted by Gasteiger charge is -2.57. The Bertz CT molecular complexity index is 1080. The molecule has 2 aliphatic heterocycles. The maximum atomic E-state index is 13.2. The molecule has 5 rings (SSSR count). The number of amides is 1. The number of nitrogens with zero attached hydrogens (tertiary/aromatic N) is 3. The van der Waals surface area contributed by atoms with Crippen LogP contribution in [0.5, 0.6) is 0 Å². The molecule has 3 atom stereocenters. The summed E-state index contributed by atoms with van der Waals surface area (Å²) in [6.45, 7) is 4.67. The van der Waals surface area contributed by atoms with Crippen molar-refractivity contribution in [2.75, 3.05) is 26.2 Å². The first-order valence-electron chi connectivity index (χ1n) is 11.9. The Morgan fingerprint density at radius 2 is 1.58 bits per heavy atom. The lowest BCUT2D eigenvalue weighted by molar-refractivity contribution is -0.0606. The van der Waals surface area contributed by atoms with E-state index in [1.807, 2.05) is 4.90 Å². The van der Waals surface area contributed by atoms with Crippen molar-refractivity contribution in [3.05, 3.63) is 89.7 Å². The van der Waals surface area contributed by atoms with Crippen molar-refractivity contribution >= 4 is 5.91 Å². The summed E-state index contributed by atoms with van der Waals surface area (Å²) in [7, 11) is 0. The minimum atomic E-state index is 0.0696. The van der Waals surface area contributed by atoms with Gasteiger partial charge in [-0.25, -0.2) is 0 Å². The summed E-state index contributed by atoms with van der Waals surface area (Å²) in [5.41, 5.74) is 5.59. The molecule has 2 fully saturated rings. The molecule has 2 aliphatic rings.